The summed E-state index contributed by atoms with van der Waals surface area (Å²) in [7, 11) is 0. The van der Waals surface area contributed by atoms with E-state index in [0.717, 1.165) is 16.1 Å². The molecule has 2 rings (SSSR count). The van der Waals surface area contributed by atoms with E-state index < -0.39 is 6.10 Å². The number of rotatable bonds is 3. The number of nitrogens with zero attached hydrogens (tertiary/aromatic N) is 2. The molecule has 0 amide bonds. The highest BCUT2D eigenvalue weighted by Crippen LogP contribution is 2.24. The van der Waals surface area contributed by atoms with Crippen LogP contribution in [0.5, 0.6) is 0 Å². The topological polar surface area (TPSA) is 46.0 Å². The molecule has 0 aliphatic carbocycles. The number of aromatic nitrogens is 2. The lowest BCUT2D eigenvalue weighted by molar-refractivity contribution is 0.181. The van der Waals surface area contributed by atoms with Crippen LogP contribution < -0.4 is 0 Å². The zero-order valence-electron chi connectivity index (χ0n) is 10.3. The van der Waals surface area contributed by atoms with E-state index in [0.29, 0.717) is 6.42 Å². The maximum Gasteiger partial charge on any atom is 0.0957 e. The van der Waals surface area contributed by atoms with Crippen LogP contribution in [0.15, 0.2) is 18.2 Å². The highest BCUT2D eigenvalue weighted by Gasteiger charge is 2.15. The SMILES string of the molecule is Cc1cc(C)cc(CC(O)c2snnc2C)c1. The highest BCUT2D eigenvalue weighted by molar-refractivity contribution is 7.05. The van der Waals surface area contributed by atoms with E-state index in [4.69, 9.17) is 0 Å². The Labute approximate surface area is 105 Å². The van der Waals surface area contributed by atoms with Crippen molar-refractivity contribution in [1.82, 2.24) is 9.59 Å². The Kier molecular flexibility index (Phi) is 3.54. The van der Waals surface area contributed by atoms with Gasteiger partial charge in [0, 0.05) is 6.42 Å². The second-order valence-corrected chi connectivity index (χ2v) is 5.22. The van der Waals surface area contributed by atoms with Gasteiger partial charge in [0.15, 0.2) is 0 Å². The minimum atomic E-state index is -0.504. The van der Waals surface area contributed by atoms with Crippen LogP contribution in [0.25, 0.3) is 0 Å². The summed E-state index contributed by atoms with van der Waals surface area (Å²) in [6, 6.07) is 6.36. The molecule has 3 nitrogen and oxygen atoms in total. The molecule has 17 heavy (non-hydrogen) atoms. The zero-order chi connectivity index (χ0) is 12.4. The maximum absolute atomic E-state index is 10.2. The molecule has 1 aromatic heterocycles. The van der Waals surface area contributed by atoms with Crippen molar-refractivity contribution in [2.75, 3.05) is 0 Å². The molecule has 1 N–H and O–H groups in total. The predicted molar refractivity (Wildman–Crippen MR) is 69.2 cm³/mol. The van der Waals surface area contributed by atoms with Crippen LogP contribution in [0, 0.1) is 20.8 Å². The molecule has 0 spiro atoms. The minimum Gasteiger partial charge on any atom is -0.387 e. The van der Waals surface area contributed by atoms with Crippen molar-refractivity contribution in [2.24, 2.45) is 0 Å². The summed E-state index contributed by atoms with van der Waals surface area (Å²) in [5.74, 6) is 0. The Hall–Kier alpha value is -1.26. The molecule has 2 aromatic rings. The van der Waals surface area contributed by atoms with E-state index >= 15 is 0 Å². The molecule has 1 unspecified atom stereocenters. The fourth-order valence-electron chi connectivity index (χ4n) is 2.05. The first-order chi connectivity index (χ1) is 8.06. The molecule has 0 saturated heterocycles. The molecule has 0 fully saturated rings. The number of aryl methyl sites for hydroxylation is 3. The molecule has 90 valence electrons. The van der Waals surface area contributed by atoms with Gasteiger partial charge >= 0.3 is 0 Å². The molecule has 0 radical (unpaired) electrons. The van der Waals surface area contributed by atoms with Crippen LogP contribution in [-0.2, 0) is 6.42 Å². The first-order valence-corrected chi connectivity index (χ1v) is 6.37. The average Bonchev–Trinajstić information content (AvgIpc) is 2.62. The summed E-state index contributed by atoms with van der Waals surface area (Å²) in [6.07, 6.45) is 0.115. The van der Waals surface area contributed by atoms with Crippen molar-refractivity contribution in [3.63, 3.8) is 0 Å². The molecule has 1 heterocycles. The molecule has 0 saturated carbocycles. The molecular weight excluding hydrogens is 232 g/mol. The quantitative estimate of drug-likeness (QED) is 0.908. The molecule has 1 aromatic carbocycles. The van der Waals surface area contributed by atoms with Crippen LogP contribution >= 0.6 is 11.5 Å². The third-order valence-electron chi connectivity index (χ3n) is 2.70. The van der Waals surface area contributed by atoms with Gasteiger partial charge in [-0.15, -0.1) is 5.10 Å². The molecule has 0 bridgehead atoms. The number of hydrogen-bond donors (Lipinski definition) is 1. The monoisotopic (exact) mass is 248 g/mol. The van der Waals surface area contributed by atoms with Crippen molar-refractivity contribution in [3.05, 3.63) is 45.5 Å². The Bertz CT molecular complexity index is 502. The van der Waals surface area contributed by atoms with Crippen molar-refractivity contribution in [1.29, 1.82) is 0 Å². The van der Waals surface area contributed by atoms with Gasteiger partial charge in [0.05, 0.1) is 16.7 Å². The minimum absolute atomic E-state index is 0.504. The van der Waals surface area contributed by atoms with Crippen molar-refractivity contribution >= 4 is 11.5 Å². The van der Waals surface area contributed by atoms with Crippen LogP contribution in [-0.4, -0.2) is 14.7 Å². The molecular formula is C13H16N2OS. The summed E-state index contributed by atoms with van der Waals surface area (Å²) in [6.45, 7) is 6.02. The molecule has 0 aliphatic rings. The fourth-order valence-corrected chi connectivity index (χ4v) is 2.67. The van der Waals surface area contributed by atoms with Crippen LogP contribution in [0.1, 0.15) is 33.4 Å². The summed E-state index contributed by atoms with van der Waals surface area (Å²) in [5, 5.41) is 14.1. The molecule has 0 aliphatic heterocycles. The average molecular weight is 248 g/mol. The second-order valence-electron chi connectivity index (χ2n) is 4.44. The summed E-state index contributed by atoms with van der Waals surface area (Å²) < 4.78 is 3.85. The van der Waals surface area contributed by atoms with Gasteiger partial charge in [-0.05, 0) is 37.9 Å². The molecule has 1 atom stereocenters. The van der Waals surface area contributed by atoms with E-state index in [2.05, 4.69) is 41.6 Å². The third-order valence-corrected chi connectivity index (χ3v) is 3.63. The highest BCUT2D eigenvalue weighted by atomic mass is 32.1. The Balaban J connectivity index is 2.18. The first-order valence-electron chi connectivity index (χ1n) is 5.60. The van der Waals surface area contributed by atoms with Gasteiger partial charge in [0.1, 0.15) is 0 Å². The number of hydrogen-bond acceptors (Lipinski definition) is 4. The summed E-state index contributed by atoms with van der Waals surface area (Å²) in [5.41, 5.74) is 4.44. The van der Waals surface area contributed by atoms with E-state index in [1.165, 1.54) is 22.7 Å². The lowest BCUT2D eigenvalue weighted by Crippen LogP contribution is -2.02. The van der Waals surface area contributed by atoms with Gasteiger partial charge in [-0.1, -0.05) is 33.8 Å². The Morgan fingerprint density at radius 1 is 1.18 bits per heavy atom. The smallest absolute Gasteiger partial charge is 0.0957 e. The van der Waals surface area contributed by atoms with Crippen LogP contribution in [0.3, 0.4) is 0 Å². The van der Waals surface area contributed by atoms with Crippen molar-refractivity contribution in [3.8, 4) is 0 Å². The largest absolute Gasteiger partial charge is 0.387 e. The summed E-state index contributed by atoms with van der Waals surface area (Å²) >= 11 is 1.27. The maximum atomic E-state index is 10.2. The molecule has 4 heteroatoms. The summed E-state index contributed by atoms with van der Waals surface area (Å²) in [4.78, 5) is 0.865. The lowest BCUT2D eigenvalue weighted by Gasteiger charge is -2.10. The Morgan fingerprint density at radius 2 is 1.82 bits per heavy atom. The number of benzene rings is 1. The van der Waals surface area contributed by atoms with E-state index in [1.807, 2.05) is 6.92 Å². The van der Waals surface area contributed by atoms with Gasteiger partial charge in [-0.25, -0.2) is 0 Å². The zero-order valence-corrected chi connectivity index (χ0v) is 11.1. The standard InChI is InChI=1S/C13H16N2OS/c1-8-4-9(2)6-11(5-8)7-12(16)13-10(3)14-15-17-13/h4-6,12,16H,7H2,1-3H3. The normalized spacial score (nSPS) is 12.7. The van der Waals surface area contributed by atoms with Gasteiger partial charge in [-0.2, -0.15) is 0 Å². The van der Waals surface area contributed by atoms with Gasteiger partial charge in [0.2, 0.25) is 0 Å². The van der Waals surface area contributed by atoms with Gasteiger partial charge in [-0.3, -0.25) is 0 Å². The number of aliphatic hydroxyl groups is 1. The van der Waals surface area contributed by atoms with Crippen LogP contribution in [0.4, 0.5) is 0 Å². The van der Waals surface area contributed by atoms with Crippen LogP contribution in [0.2, 0.25) is 0 Å². The predicted octanol–water partition coefficient (Wildman–Crippen LogP) is 2.74. The van der Waals surface area contributed by atoms with E-state index in [1.54, 1.807) is 0 Å². The second kappa shape index (κ2) is 4.94. The van der Waals surface area contributed by atoms with E-state index in [9.17, 15) is 5.11 Å². The first kappa shape index (κ1) is 12.2. The van der Waals surface area contributed by atoms with Gasteiger partial charge in [0.25, 0.3) is 0 Å². The van der Waals surface area contributed by atoms with Crippen molar-refractivity contribution in [2.45, 2.75) is 33.3 Å². The lowest BCUT2D eigenvalue weighted by atomic mass is 10.0. The number of aliphatic hydroxyl groups excluding tert-OH is 1. The third kappa shape index (κ3) is 2.90. The van der Waals surface area contributed by atoms with Crippen molar-refractivity contribution < 1.29 is 5.11 Å². The van der Waals surface area contributed by atoms with E-state index in [-0.39, 0.29) is 0 Å². The van der Waals surface area contributed by atoms with Gasteiger partial charge < -0.3 is 5.11 Å². The Morgan fingerprint density at radius 3 is 2.35 bits per heavy atom. The fraction of sp³-hybridized carbons (Fsp3) is 0.385.